The Morgan fingerprint density at radius 2 is 1.94 bits per heavy atom. The summed E-state index contributed by atoms with van der Waals surface area (Å²) in [6, 6.07) is 14.2. The Bertz CT molecular complexity index is 1220. The second kappa shape index (κ2) is 8.63. The highest BCUT2D eigenvalue weighted by Gasteiger charge is 2.12. The molecule has 4 aromatic rings. The standard InChI is InChI=1S/C24H28N6O/c1-6-15(2)17-7-9-20-18(12-17)14-30(29-20)21-13-19(8-10-22(21)31-5)27-24-26-16(3)11-23(25-4)28-24/h7-15H,6H2,1-5H3,(H2,25,26,27,28). The monoisotopic (exact) mass is 416 g/mol. The maximum Gasteiger partial charge on any atom is 0.229 e. The van der Waals surface area contributed by atoms with E-state index < -0.39 is 0 Å². The number of anilines is 3. The van der Waals surface area contributed by atoms with Gasteiger partial charge in [-0.25, -0.2) is 9.67 Å². The van der Waals surface area contributed by atoms with Crippen LogP contribution in [0.4, 0.5) is 17.5 Å². The number of aromatic nitrogens is 4. The molecule has 31 heavy (non-hydrogen) atoms. The average molecular weight is 417 g/mol. The second-order valence-corrected chi connectivity index (χ2v) is 7.68. The lowest BCUT2D eigenvalue weighted by atomic mass is 9.98. The fourth-order valence-corrected chi connectivity index (χ4v) is 3.54. The van der Waals surface area contributed by atoms with Crippen molar-refractivity contribution in [3.8, 4) is 11.4 Å². The molecule has 0 amide bonds. The summed E-state index contributed by atoms with van der Waals surface area (Å²) in [5.41, 5.74) is 4.85. The molecule has 7 nitrogen and oxygen atoms in total. The van der Waals surface area contributed by atoms with Crippen LogP contribution < -0.4 is 15.4 Å². The number of hydrogen-bond donors (Lipinski definition) is 2. The lowest BCUT2D eigenvalue weighted by Crippen LogP contribution is -2.04. The van der Waals surface area contributed by atoms with E-state index in [-0.39, 0.29) is 0 Å². The van der Waals surface area contributed by atoms with Crippen LogP contribution in [0.25, 0.3) is 16.6 Å². The minimum atomic E-state index is 0.520. The van der Waals surface area contributed by atoms with Gasteiger partial charge < -0.3 is 15.4 Å². The molecule has 1 unspecified atom stereocenters. The van der Waals surface area contributed by atoms with Gasteiger partial charge in [0.25, 0.3) is 0 Å². The summed E-state index contributed by atoms with van der Waals surface area (Å²) in [5.74, 6) is 2.55. The summed E-state index contributed by atoms with van der Waals surface area (Å²) in [5, 5.41) is 12.2. The van der Waals surface area contributed by atoms with Crippen molar-refractivity contribution in [3.05, 3.63) is 59.9 Å². The molecule has 0 aliphatic rings. The quantitative estimate of drug-likeness (QED) is 0.418. The van der Waals surface area contributed by atoms with Crippen LogP contribution in [0.5, 0.6) is 5.75 Å². The smallest absolute Gasteiger partial charge is 0.229 e. The van der Waals surface area contributed by atoms with Gasteiger partial charge in [-0.15, -0.1) is 0 Å². The topological polar surface area (TPSA) is 76.9 Å². The number of ether oxygens (including phenoxy) is 1. The number of nitrogens with one attached hydrogen (secondary N) is 2. The van der Waals surface area contributed by atoms with Crippen LogP contribution in [0.3, 0.4) is 0 Å². The largest absolute Gasteiger partial charge is 0.494 e. The summed E-state index contributed by atoms with van der Waals surface area (Å²) in [6.07, 6.45) is 3.16. The van der Waals surface area contributed by atoms with Crippen LogP contribution in [0.15, 0.2) is 48.7 Å². The van der Waals surface area contributed by atoms with Gasteiger partial charge in [0.15, 0.2) is 0 Å². The van der Waals surface area contributed by atoms with E-state index in [1.807, 2.05) is 49.1 Å². The second-order valence-electron chi connectivity index (χ2n) is 7.68. The van der Waals surface area contributed by atoms with E-state index in [2.05, 4.69) is 52.6 Å². The van der Waals surface area contributed by atoms with E-state index in [9.17, 15) is 0 Å². The van der Waals surface area contributed by atoms with Crippen LogP contribution in [0.1, 0.15) is 37.4 Å². The lowest BCUT2D eigenvalue weighted by molar-refractivity contribution is 0.412. The van der Waals surface area contributed by atoms with Gasteiger partial charge in [0.2, 0.25) is 5.95 Å². The van der Waals surface area contributed by atoms with Gasteiger partial charge in [-0.05, 0) is 55.2 Å². The molecule has 0 aliphatic carbocycles. The molecule has 0 spiro atoms. The van der Waals surface area contributed by atoms with Crippen molar-refractivity contribution in [2.24, 2.45) is 0 Å². The Labute approximate surface area is 182 Å². The maximum absolute atomic E-state index is 5.61. The molecule has 0 radical (unpaired) electrons. The zero-order chi connectivity index (χ0) is 22.0. The molecule has 0 fully saturated rings. The normalized spacial score (nSPS) is 12.0. The number of methoxy groups -OCH3 is 1. The Morgan fingerprint density at radius 1 is 1.10 bits per heavy atom. The number of nitrogens with zero attached hydrogens (tertiary/aromatic N) is 4. The number of rotatable bonds is 7. The molecule has 2 aromatic carbocycles. The van der Waals surface area contributed by atoms with Crippen molar-refractivity contribution in [1.82, 2.24) is 19.7 Å². The summed E-state index contributed by atoms with van der Waals surface area (Å²) in [7, 11) is 3.51. The summed E-state index contributed by atoms with van der Waals surface area (Å²) in [4.78, 5) is 8.95. The van der Waals surface area contributed by atoms with E-state index in [1.54, 1.807) is 7.11 Å². The maximum atomic E-state index is 5.61. The predicted molar refractivity (Wildman–Crippen MR) is 126 cm³/mol. The zero-order valence-electron chi connectivity index (χ0n) is 18.6. The van der Waals surface area contributed by atoms with Crippen molar-refractivity contribution in [2.75, 3.05) is 24.8 Å². The van der Waals surface area contributed by atoms with E-state index in [0.717, 1.165) is 46.0 Å². The molecule has 160 valence electrons. The molecule has 4 rings (SSSR count). The lowest BCUT2D eigenvalue weighted by Gasteiger charge is -2.12. The molecule has 1 atom stereocenters. The summed E-state index contributed by atoms with van der Waals surface area (Å²) >= 11 is 0. The SMILES string of the molecule is CCC(C)c1ccc2nn(-c3cc(Nc4nc(C)cc(NC)n4)ccc3OC)cc2c1. The number of benzene rings is 2. The van der Waals surface area contributed by atoms with E-state index in [4.69, 9.17) is 9.84 Å². The molecule has 0 bridgehead atoms. The van der Waals surface area contributed by atoms with Crippen LogP contribution in [0.2, 0.25) is 0 Å². The van der Waals surface area contributed by atoms with Gasteiger partial charge in [-0.2, -0.15) is 10.1 Å². The molecule has 2 aromatic heterocycles. The Balaban J connectivity index is 1.72. The van der Waals surface area contributed by atoms with Crippen molar-refractivity contribution < 1.29 is 4.74 Å². The van der Waals surface area contributed by atoms with Crippen LogP contribution in [-0.2, 0) is 0 Å². The zero-order valence-corrected chi connectivity index (χ0v) is 18.6. The van der Waals surface area contributed by atoms with Crippen molar-refractivity contribution in [1.29, 1.82) is 0 Å². The first-order chi connectivity index (χ1) is 15.0. The van der Waals surface area contributed by atoms with E-state index in [0.29, 0.717) is 11.9 Å². The first kappa shape index (κ1) is 20.7. The molecular formula is C24H28N6O. The van der Waals surface area contributed by atoms with Crippen molar-refractivity contribution in [2.45, 2.75) is 33.1 Å². The molecule has 0 aliphatic heterocycles. The Hall–Kier alpha value is -3.61. The van der Waals surface area contributed by atoms with Crippen molar-refractivity contribution in [3.63, 3.8) is 0 Å². The van der Waals surface area contributed by atoms with Gasteiger partial charge in [0.1, 0.15) is 17.3 Å². The van der Waals surface area contributed by atoms with E-state index in [1.165, 1.54) is 5.56 Å². The molecule has 0 saturated carbocycles. The van der Waals surface area contributed by atoms with Gasteiger partial charge in [0, 0.05) is 36.1 Å². The van der Waals surface area contributed by atoms with Crippen LogP contribution in [0, 0.1) is 6.92 Å². The third kappa shape index (κ3) is 4.30. The van der Waals surface area contributed by atoms with Crippen molar-refractivity contribution >= 4 is 28.4 Å². The van der Waals surface area contributed by atoms with Gasteiger partial charge >= 0.3 is 0 Å². The molecule has 2 N–H and O–H groups in total. The average Bonchev–Trinajstić information content (AvgIpc) is 3.21. The fourth-order valence-electron chi connectivity index (χ4n) is 3.54. The molecular weight excluding hydrogens is 388 g/mol. The molecule has 0 saturated heterocycles. The van der Waals surface area contributed by atoms with Crippen LogP contribution in [-0.4, -0.2) is 33.9 Å². The van der Waals surface area contributed by atoms with Gasteiger partial charge in [-0.1, -0.05) is 19.9 Å². The highest BCUT2D eigenvalue weighted by molar-refractivity contribution is 5.80. The summed E-state index contributed by atoms with van der Waals surface area (Å²) < 4.78 is 7.47. The fraction of sp³-hybridized carbons (Fsp3) is 0.292. The Kier molecular flexibility index (Phi) is 5.75. The number of aryl methyl sites for hydroxylation is 1. The third-order valence-corrected chi connectivity index (χ3v) is 5.50. The molecule has 7 heteroatoms. The summed E-state index contributed by atoms with van der Waals surface area (Å²) in [6.45, 7) is 6.39. The Morgan fingerprint density at radius 3 is 2.68 bits per heavy atom. The predicted octanol–water partition coefficient (Wildman–Crippen LogP) is 5.43. The third-order valence-electron chi connectivity index (χ3n) is 5.50. The highest BCUT2D eigenvalue weighted by atomic mass is 16.5. The minimum absolute atomic E-state index is 0.520. The minimum Gasteiger partial charge on any atom is -0.494 e. The van der Waals surface area contributed by atoms with Gasteiger partial charge in [0.05, 0.1) is 12.6 Å². The molecule has 2 heterocycles. The van der Waals surface area contributed by atoms with Gasteiger partial charge in [-0.3, -0.25) is 0 Å². The van der Waals surface area contributed by atoms with E-state index >= 15 is 0 Å². The highest BCUT2D eigenvalue weighted by Crippen LogP contribution is 2.30. The first-order valence-corrected chi connectivity index (χ1v) is 10.5. The first-order valence-electron chi connectivity index (χ1n) is 10.5. The number of hydrogen-bond acceptors (Lipinski definition) is 6. The number of fused-ring (bicyclic) bond motifs is 1. The van der Waals surface area contributed by atoms with Crippen LogP contribution >= 0.6 is 0 Å².